The molecule has 1 aromatic rings. The maximum Gasteiger partial charge on any atom is 0.337 e. The second kappa shape index (κ2) is 6.02. The first-order valence-electron chi connectivity index (χ1n) is 5.69. The summed E-state index contributed by atoms with van der Waals surface area (Å²) in [6.45, 7) is 0.858. The highest BCUT2D eigenvalue weighted by Crippen LogP contribution is 2.22. The lowest BCUT2D eigenvalue weighted by atomic mass is 10.1. The number of carbonyl (C=O) groups is 1. The van der Waals surface area contributed by atoms with Crippen LogP contribution in [0.3, 0.4) is 0 Å². The Balaban J connectivity index is 1.84. The van der Waals surface area contributed by atoms with Crippen LogP contribution in [0.25, 0.3) is 0 Å². The fourth-order valence-corrected chi connectivity index (χ4v) is 2.62. The molecular formula is C12H15NO3S. The van der Waals surface area contributed by atoms with Crippen LogP contribution in [0.15, 0.2) is 23.4 Å². The molecule has 1 aliphatic rings. The zero-order chi connectivity index (χ0) is 12.1. The van der Waals surface area contributed by atoms with Crippen molar-refractivity contribution in [2.75, 3.05) is 12.4 Å². The molecule has 4 nitrogen and oxygen atoms in total. The Morgan fingerprint density at radius 3 is 3.00 bits per heavy atom. The maximum absolute atomic E-state index is 10.7. The molecule has 1 aliphatic heterocycles. The van der Waals surface area contributed by atoms with Crippen molar-refractivity contribution < 1.29 is 14.6 Å². The van der Waals surface area contributed by atoms with Crippen LogP contribution in [0.5, 0.6) is 0 Å². The van der Waals surface area contributed by atoms with E-state index < -0.39 is 5.97 Å². The third-order valence-corrected chi connectivity index (χ3v) is 3.75. The average molecular weight is 253 g/mol. The minimum Gasteiger partial charge on any atom is -0.478 e. The predicted molar refractivity (Wildman–Crippen MR) is 65.5 cm³/mol. The van der Waals surface area contributed by atoms with Gasteiger partial charge in [0.15, 0.2) is 0 Å². The van der Waals surface area contributed by atoms with Crippen LogP contribution in [0, 0.1) is 0 Å². The highest BCUT2D eigenvalue weighted by Gasteiger charge is 2.14. The molecule has 0 aromatic carbocycles. The van der Waals surface area contributed by atoms with Crippen molar-refractivity contribution in [2.24, 2.45) is 0 Å². The third kappa shape index (κ3) is 3.71. The summed E-state index contributed by atoms with van der Waals surface area (Å²) >= 11 is 1.62. The van der Waals surface area contributed by atoms with Gasteiger partial charge in [0.25, 0.3) is 0 Å². The van der Waals surface area contributed by atoms with Crippen molar-refractivity contribution in [2.45, 2.75) is 30.4 Å². The summed E-state index contributed by atoms with van der Waals surface area (Å²) in [6.07, 6.45) is 5.21. The lowest BCUT2D eigenvalue weighted by molar-refractivity contribution is 0.0315. The fraction of sp³-hybridized carbons (Fsp3) is 0.500. The number of rotatable bonds is 4. The molecule has 0 saturated carbocycles. The predicted octanol–water partition coefficient (Wildman–Crippen LogP) is 2.44. The van der Waals surface area contributed by atoms with Crippen molar-refractivity contribution in [1.29, 1.82) is 0 Å². The second-order valence-electron chi connectivity index (χ2n) is 3.99. The lowest BCUT2D eigenvalue weighted by Gasteiger charge is -2.21. The first-order valence-corrected chi connectivity index (χ1v) is 6.68. The Morgan fingerprint density at radius 2 is 2.41 bits per heavy atom. The van der Waals surface area contributed by atoms with Crippen LogP contribution in [0.4, 0.5) is 0 Å². The van der Waals surface area contributed by atoms with E-state index in [1.807, 2.05) is 0 Å². The normalized spacial score (nSPS) is 20.1. The molecule has 1 fully saturated rings. The summed E-state index contributed by atoms with van der Waals surface area (Å²) in [6, 6.07) is 3.33. The van der Waals surface area contributed by atoms with Crippen molar-refractivity contribution in [1.82, 2.24) is 4.98 Å². The number of nitrogens with zero attached hydrogens (tertiary/aromatic N) is 1. The molecule has 2 heterocycles. The molecule has 0 bridgehead atoms. The lowest BCUT2D eigenvalue weighted by Crippen LogP contribution is -2.21. The third-order valence-electron chi connectivity index (χ3n) is 2.67. The van der Waals surface area contributed by atoms with E-state index in [0.29, 0.717) is 6.10 Å². The van der Waals surface area contributed by atoms with E-state index in [2.05, 4.69) is 4.98 Å². The van der Waals surface area contributed by atoms with Gasteiger partial charge < -0.3 is 9.84 Å². The molecule has 2 rings (SSSR count). The van der Waals surface area contributed by atoms with Gasteiger partial charge in [0.05, 0.1) is 16.7 Å². The van der Waals surface area contributed by atoms with E-state index in [-0.39, 0.29) is 5.56 Å². The summed E-state index contributed by atoms with van der Waals surface area (Å²) in [4.78, 5) is 14.8. The molecule has 1 unspecified atom stereocenters. The van der Waals surface area contributed by atoms with E-state index in [1.54, 1.807) is 23.9 Å². The number of hydrogen-bond acceptors (Lipinski definition) is 4. The van der Waals surface area contributed by atoms with Crippen LogP contribution < -0.4 is 0 Å². The zero-order valence-corrected chi connectivity index (χ0v) is 10.3. The molecule has 1 N–H and O–H groups in total. The van der Waals surface area contributed by atoms with Gasteiger partial charge in [-0.3, -0.25) is 0 Å². The quantitative estimate of drug-likeness (QED) is 0.835. The van der Waals surface area contributed by atoms with Crippen LogP contribution in [-0.2, 0) is 4.74 Å². The Bertz CT molecular complexity index is 374. The van der Waals surface area contributed by atoms with E-state index in [0.717, 1.165) is 30.2 Å². The van der Waals surface area contributed by atoms with Gasteiger partial charge in [-0.2, -0.15) is 0 Å². The van der Waals surface area contributed by atoms with Crippen LogP contribution in [-0.4, -0.2) is 34.5 Å². The van der Waals surface area contributed by atoms with Gasteiger partial charge in [0.2, 0.25) is 0 Å². The zero-order valence-electron chi connectivity index (χ0n) is 9.46. The summed E-state index contributed by atoms with van der Waals surface area (Å²) in [5.74, 6) is -0.0518. The number of carboxylic acids is 1. The number of carboxylic acid groups (broad SMARTS) is 1. The number of ether oxygens (including phenoxy) is 1. The number of aromatic carboxylic acids is 1. The fourth-order valence-electron chi connectivity index (χ4n) is 1.71. The average Bonchev–Trinajstić information content (AvgIpc) is 2.38. The van der Waals surface area contributed by atoms with Gasteiger partial charge in [-0.25, -0.2) is 9.78 Å². The van der Waals surface area contributed by atoms with Crippen LogP contribution in [0.1, 0.15) is 29.6 Å². The Hall–Kier alpha value is -1.07. The Kier molecular flexibility index (Phi) is 4.39. The Labute approximate surface area is 104 Å². The molecule has 1 atom stereocenters. The van der Waals surface area contributed by atoms with Gasteiger partial charge in [-0.1, -0.05) is 0 Å². The number of aromatic nitrogens is 1. The van der Waals surface area contributed by atoms with Crippen molar-refractivity contribution in [3.63, 3.8) is 0 Å². The smallest absolute Gasteiger partial charge is 0.337 e. The molecule has 0 amide bonds. The topological polar surface area (TPSA) is 59.4 Å². The van der Waals surface area contributed by atoms with Crippen LogP contribution >= 0.6 is 11.8 Å². The maximum atomic E-state index is 10.7. The van der Waals surface area contributed by atoms with Crippen molar-refractivity contribution >= 4 is 17.7 Å². The van der Waals surface area contributed by atoms with Gasteiger partial charge in [-0.05, 0) is 31.4 Å². The van der Waals surface area contributed by atoms with Crippen LogP contribution in [0.2, 0.25) is 0 Å². The van der Waals surface area contributed by atoms with Crippen molar-refractivity contribution in [3.05, 3.63) is 23.9 Å². The minimum atomic E-state index is -0.940. The highest BCUT2D eigenvalue weighted by molar-refractivity contribution is 7.99. The molecule has 5 heteroatoms. The standard InChI is InChI=1S/C12H15NO3S/c14-12(15)9-4-5-11(13-7-9)17-8-10-3-1-2-6-16-10/h4-5,7,10H,1-3,6,8H2,(H,14,15). The molecule has 17 heavy (non-hydrogen) atoms. The van der Waals surface area contributed by atoms with Crippen molar-refractivity contribution in [3.8, 4) is 0 Å². The van der Waals surface area contributed by atoms with Gasteiger partial charge in [0, 0.05) is 18.6 Å². The molecule has 0 radical (unpaired) electrons. The summed E-state index contributed by atoms with van der Waals surface area (Å²) in [5.41, 5.74) is 0.225. The molecule has 1 aromatic heterocycles. The number of thioether (sulfide) groups is 1. The van der Waals surface area contributed by atoms with E-state index in [9.17, 15) is 4.79 Å². The van der Waals surface area contributed by atoms with E-state index in [1.165, 1.54) is 12.6 Å². The van der Waals surface area contributed by atoms with Gasteiger partial charge in [0.1, 0.15) is 0 Å². The molecule has 0 aliphatic carbocycles. The minimum absolute atomic E-state index is 0.225. The van der Waals surface area contributed by atoms with E-state index >= 15 is 0 Å². The second-order valence-corrected chi connectivity index (χ2v) is 5.03. The van der Waals surface area contributed by atoms with E-state index in [4.69, 9.17) is 9.84 Å². The largest absolute Gasteiger partial charge is 0.478 e. The van der Waals surface area contributed by atoms with Gasteiger partial charge in [-0.15, -0.1) is 11.8 Å². The first-order chi connectivity index (χ1) is 8.25. The van der Waals surface area contributed by atoms with Gasteiger partial charge >= 0.3 is 5.97 Å². The number of pyridine rings is 1. The monoisotopic (exact) mass is 253 g/mol. The molecular weight excluding hydrogens is 238 g/mol. The molecule has 0 spiro atoms. The SMILES string of the molecule is O=C(O)c1ccc(SCC2CCCCO2)nc1. The molecule has 92 valence electrons. The summed E-state index contributed by atoms with van der Waals surface area (Å²) in [7, 11) is 0. The molecule has 1 saturated heterocycles. The number of hydrogen-bond donors (Lipinski definition) is 1. The summed E-state index contributed by atoms with van der Waals surface area (Å²) < 4.78 is 5.62. The summed E-state index contributed by atoms with van der Waals surface area (Å²) in [5, 5.41) is 9.59. The highest BCUT2D eigenvalue weighted by atomic mass is 32.2. The first kappa shape index (κ1) is 12.4. The Morgan fingerprint density at radius 1 is 1.53 bits per heavy atom.